The Morgan fingerprint density at radius 2 is 1.93 bits per heavy atom. The molecule has 28 heavy (non-hydrogen) atoms. The van der Waals surface area contributed by atoms with Crippen molar-refractivity contribution in [2.24, 2.45) is 5.10 Å². The molecule has 2 aromatic rings. The zero-order valence-corrected chi connectivity index (χ0v) is 15.2. The summed E-state index contributed by atoms with van der Waals surface area (Å²) in [6, 6.07) is 11.8. The van der Waals surface area contributed by atoms with Crippen LogP contribution in [0.3, 0.4) is 0 Å². The molecule has 1 aliphatic rings. The van der Waals surface area contributed by atoms with Crippen LogP contribution in [0.1, 0.15) is 5.56 Å². The molecule has 0 aliphatic carbocycles. The van der Waals surface area contributed by atoms with Crippen molar-refractivity contribution in [3.63, 3.8) is 0 Å². The van der Waals surface area contributed by atoms with Gasteiger partial charge in [-0.1, -0.05) is 12.1 Å². The summed E-state index contributed by atoms with van der Waals surface area (Å²) in [5.41, 5.74) is 3.02. The van der Waals surface area contributed by atoms with Gasteiger partial charge in [0.2, 0.25) is 6.10 Å². The highest BCUT2D eigenvalue weighted by molar-refractivity contribution is 5.85. The largest absolute Gasteiger partial charge is 0.513 e. The maximum absolute atomic E-state index is 12.2. The Bertz CT molecular complexity index is 898. The number of para-hydroxylation sites is 2. The van der Waals surface area contributed by atoms with Gasteiger partial charge in [0.1, 0.15) is 6.61 Å². The molecule has 3 rings (SSSR count). The lowest BCUT2D eigenvalue weighted by molar-refractivity contribution is -0.130. The van der Waals surface area contributed by atoms with E-state index in [2.05, 4.69) is 15.3 Å². The van der Waals surface area contributed by atoms with Gasteiger partial charge in [0.25, 0.3) is 5.91 Å². The molecule has 0 fully saturated rings. The summed E-state index contributed by atoms with van der Waals surface area (Å²) in [4.78, 5) is 23.4. The standard InChI is InChI=1S/C19H18N2O7/c1-24-16-9-12(7-8-15(16)28-19(23)25-2)10-20-21-18(22)17-11-26-13-5-3-4-6-14(13)27-17/h3-10,17H,11H2,1-2H3,(H,21,22)/b20-10-/t17-/m1/s1. The highest BCUT2D eigenvalue weighted by Gasteiger charge is 2.27. The molecule has 1 aliphatic heterocycles. The van der Waals surface area contributed by atoms with E-state index in [0.29, 0.717) is 22.8 Å². The van der Waals surface area contributed by atoms with Gasteiger partial charge in [-0.25, -0.2) is 10.2 Å². The number of fused-ring (bicyclic) bond motifs is 1. The van der Waals surface area contributed by atoms with Gasteiger partial charge < -0.3 is 23.7 Å². The number of amides is 1. The number of rotatable bonds is 5. The number of hydrogen-bond donors (Lipinski definition) is 1. The number of hydrogen-bond acceptors (Lipinski definition) is 8. The van der Waals surface area contributed by atoms with Crippen LogP contribution in [0.5, 0.6) is 23.0 Å². The van der Waals surface area contributed by atoms with Crippen LogP contribution >= 0.6 is 0 Å². The molecule has 9 nitrogen and oxygen atoms in total. The molecule has 9 heteroatoms. The lowest BCUT2D eigenvalue weighted by Gasteiger charge is -2.24. The van der Waals surface area contributed by atoms with Crippen LogP contribution in [-0.2, 0) is 9.53 Å². The fraction of sp³-hybridized carbons (Fsp3) is 0.211. The van der Waals surface area contributed by atoms with Crippen LogP contribution in [0.4, 0.5) is 4.79 Å². The van der Waals surface area contributed by atoms with Crippen molar-refractivity contribution in [3.05, 3.63) is 48.0 Å². The monoisotopic (exact) mass is 386 g/mol. The van der Waals surface area contributed by atoms with Gasteiger partial charge in [0.05, 0.1) is 20.4 Å². The first-order valence-electron chi connectivity index (χ1n) is 8.26. The molecule has 0 spiro atoms. The van der Waals surface area contributed by atoms with Gasteiger partial charge in [-0.3, -0.25) is 4.79 Å². The van der Waals surface area contributed by atoms with E-state index in [1.54, 1.807) is 30.3 Å². The summed E-state index contributed by atoms with van der Waals surface area (Å²) in [5.74, 6) is 1.16. The van der Waals surface area contributed by atoms with Gasteiger partial charge >= 0.3 is 6.16 Å². The third-order valence-corrected chi connectivity index (χ3v) is 3.74. The fourth-order valence-corrected chi connectivity index (χ4v) is 2.37. The van der Waals surface area contributed by atoms with Crippen molar-refractivity contribution in [2.45, 2.75) is 6.10 Å². The summed E-state index contributed by atoms with van der Waals surface area (Å²) in [7, 11) is 2.64. The summed E-state index contributed by atoms with van der Waals surface area (Å²) in [5, 5.41) is 3.91. The van der Waals surface area contributed by atoms with Crippen molar-refractivity contribution in [1.29, 1.82) is 0 Å². The van der Waals surface area contributed by atoms with Crippen LogP contribution in [0, 0.1) is 0 Å². The average molecular weight is 386 g/mol. The third kappa shape index (κ3) is 4.50. The number of ether oxygens (including phenoxy) is 5. The number of carbonyl (C=O) groups excluding carboxylic acids is 2. The van der Waals surface area contributed by atoms with E-state index in [1.807, 2.05) is 6.07 Å². The average Bonchev–Trinajstić information content (AvgIpc) is 2.74. The smallest absolute Gasteiger partial charge is 0.493 e. The maximum atomic E-state index is 12.2. The van der Waals surface area contributed by atoms with Gasteiger partial charge in [0, 0.05) is 0 Å². The molecule has 1 N–H and O–H groups in total. The zero-order valence-electron chi connectivity index (χ0n) is 15.2. The Hall–Kier alpha value is -3.75. The predicted octanol–water partition coefficient (Wildman–Crippen LogP) is 2.13. The van der Waals surface area contributed by atoms with Gasteiger partial charge in [-0.15, -0.1) is 0 Å². The first-order chi connectivity index (χ1) is 13.6. The second-order valence-electron chi connectivity index (χ2n) is 5.56. The lowest BCUT2D eigenvalue weighted by atomic mass is 10.2. The third-order valence-electron chi connectivity index (χ3n) is 3.74. The molecule has 146 valence electrons. The van der Waals surface area contributed by atoms with E-state index in [4.69, 9.17) is 18.9 Å². The second kappa shape index (κ2) is 8.76. The molecule has 1 atom stereocenters. The van der Waals surface area contributed by atoms with Crippen LogP contribution in [0.25, 0.3) is 0 Å². The number of carbonyl (C=O) groups is 2. The molecule has 0 unspecified atom stereocenters. The molecule has 1 amide bonds. The topological polar surface area (TPSA) is 105 Å². The highest BCUT2D eigenvalue weighted by Crippen LogP contribution is 2.31. The molecule has 2 aromatic carbocycles. The maximum Gasteiger partial charge on any atom is 0.513 e. The molecule has 0 bridgehead atoms. The Morgan fingerprint density at radius 3 is 2.68 bits per heavy atom. The highest BCUT2D eigenvalue weighted by atomic mass is 16.7. The van der Waals surface area contributed by atoms with Gasteiger partial charge in [-0.05, 0) is 35.9 Å². The summed E-state index contributed by atoms with van der Waals surface area (Å²) < 4.78 is 25.7. The van der Waals surface area contributed by atoms with E-state index in [-0.39, 0.29) is 12.4 Å². The van der Waals surface area contributed by atoms with Gasteiger partial charge in [0.15, 0.2) is 23.0 Å². The molecule has 0 radical (unpaired) electrons. The summed E-state index contributed by atoms with van der Waals surface area (Å²) in [6.07, 6.45) is -0.249. The van der Waals surface area contributed by atoms with Crippen molar-refractivity contribution < 1.29 is 33.3 Å². The number of nitrogens with one attached hydrogen (secondary N) is 1. The van der Waals surface area contributed by atoms with Crippen molar-refractivity contribution in [2.75, 3.05) is 20.8 Å². The first kappa shape index (κ1) is 19.0. The van der Waals surface area contributed by atoms with E-state index >= 15 is 0 Å². The molecule has 1 heterocycles. The number of hydrazone groups is 1. The number of nitrogens with zero attached hydrogens (tertiary/aromatic N) is 1. The Labute approximate surface area is 160 Å². The van der Waals surface area contributed by atoms with Gasteiger partial charge in [-0.2, -0.15) is 5.10 Å². The van der Waals surface area contributed by atoms with Crippen molar-refractivity contribution >= 4 is 18.3 Å². The lowest BCUT2D eigenvalue weighted by Crippen LogP contribution is -2.42. The predicted molar refractivity (Wildman–Crippen MR) is 98.1 cm³/mol. The van der Waals surface area contributed by atoms with Crippen LogP contribution in [-0.4, -0.2) is 45.2 Å². The quantitative estimate of drug-likeness (QED) is 0.363. The van der Waals surface area contributed by atoms with Crippen LogP contribution in [0.15, 0.2) is 47.6 Å². The second-order valence-corrected chi connectivity index (χ2v) is 5.56. The minimum Gasteiger partial charge on any atom is -0.493 e. The Balaban J connectivity index is 1.60. The van der Waals surface area contributed by atoms with Crippen molar-refractivity contribution in [1.82, 2.24) is 5.43 Å². The van der Waals surface area contributed by atoms with E-state index < -0.39 is 18.2 Å². The Morgan fingerprint density at radius 1 is 1.14 bits per heavy atom. The van der Waals surface area contributed by atoms with Crippen LogP contribution in [0.2, 0.25) is 0 Å². The van der Waals surface area contributed by atoms with Crippen molar-refractivity contribution in [3.8, 4) is 23.0 Å². The fourth-order valence-electron chi connectivity index (χ4n) is 2.37. The zero-order chi connectivity index (χ0) is 19.9. The normalized spacial score (nSPS) is 15.0. The minimum atomic E-state index is -0.858. The molecule has 0 saturated heterocycles. The van der Waals surface area contributed by atoms with Crippen LogP contribution < -0.4 is 24.4 Å². The number of benzene rings is 2. The number of methoxy groups -OCH3 is 2. The SMILES string of the molecule is COC(=O)Oc1ccc(/C=N\NC(=O)[C@H]2COc3ccccc3O2)cc1OC. The first-order valence-corrected chi connectivity index (χ1v) is 8.26. The Kier molecular flexibility index (Phi) is 5.95. The van der Waals surface area contributed by atoms with E-state index in [9.17, 15) is 9.59 Å². The summed E-state index contributed by atoms with van der Waals surface area (Å²) in [6.45, 7) is 0.0890. The summed E-state index contributed by atoms with van der Waals surface area (Å²) >= 11 is 0. The van der Waals surface area contributed by atoms with E-state index in [0.717, 1.165) is 0 Å². The molecule has 0 saturated carbocycles. The minimum absolute atomic E-state index is 0.0890. The molecular weight excluding hydrogens is 368 g/mol. The van der Waals surface area contributed by atoms with E-state index in [1.165, 1.54) is 26.5 Å². The molecular formula is C19H18N2O7. The molecule has 0 aromatic heterocycles.